The van der Waals surface area contributed by atoms with Crippen molar-refractivity contribution in [3.63, 3.8) is 0 Å². The van der Waals surface area contributed by atoms with Crippen molar-refractivity contribution < 1.29 is 19.5 Å². The average Bonchev–Trinajstić information content (AvgIpc) is 3.29. The van der Waals surface area contributed by atoms with Gasteiger partial charge >= 0.3 is 0 Å². The van der Waals surface area contributed by atoms with E-state index in [-0.39, 0.29) is 24.3 Å². The fourth-order valence-corrected chi connectivity index (χ4v) is 9.77. The number of unbranched alkanes of at least 4 members (excludes halogenated alkanes) is 2. The molecule has 4 heterocycles. The van der Waals surface area contributed by atoms with E-state index in [9.17, 15) is 19.5 Å². The van der Waals surface area contributed by atoms with Gasteiger partial charge in [-0.15, -0.1) is 11.8 Å². The van der Waals surface area contributed by atoms with Gasteiger partial charge in [-0.05, 0) is 24.5 Å². The number of likely N-dealkylation sites (tertiary alicyclic amines) is 1. The molecule has 2 fully saturated rings. The third-order valence-electron chi connectivity index (χ3n) is 9.60. The minimum Gasteiger partial charge on any atom is -0.394 e. The summed E-state index contributed by atoms with van der Waals surface area (Å²) in [7, 11) is 0. The van der Waals surface area contributed by atoms with Crippen molar-refractivity contribution in [1.29, 1.82) is 0 Å². The molecule has 1 N–H and O–H groups in total. The number of amides is 3. The summed E-state index contributed by atoms with van der Waals surface area (Å²) in [4.78, 5) is 49.4. The van der Waals surface area contributed by atoms with E-state index < -0.39 is 33.4 Å². The Balaban J connectivity index is 1.45. The fraction of sp³-hybridized carbons (Fsp3) is 0.457. The quantitative estimate of drug-likeness (QED) is 0.337. The number of fused-ring (bicyclic) bond motifs is 2. The molecular formula is C35H41N3O4S. The molecular weight excluding hydrogens is 558 g/mol. The van der Waals surface area contributed by atoms with Crippen molar-refractivity contribution in [3.8, 4) is 0 Å². The summed E-state index contributed by atoms with van der Waals surface area (Å²) in [5, 5.41) is 10.8. The number of aliphatic hydroxyl groups is 1. The molecule has 2 aromatic rings. The van der Waals surface area contributed by atoms with E-state index in [2.05, 4.69) is 19.1 Å². The molecule has 1 spiro atoms. The SMILES string of the molecule is CCCCCN1CC=C[C@]23S[C@@]4(C)C=CCN(Cc5ccccc5)C(=O)[C@H]4[C@H]2C(=O)N([C@H](CO)c2ccccc2)C3C1=O. The summed E-state index contributed by atoms with van der Waals surface area (Å²) in [6.07, 6.45) is 11.2. The van der Waals surface area contributed by atoms with E-state index in [0.29, 0.717) is 26.2 Å². The first-order valence-electron chi connectivity index (χ1n) is 15.5. The molecule has 7 nitrogen and oxygen atoms in total. The van der Waals surface area contributed by atoms with Crippen LogP contribution in [0.3, 0.4) is 0 Å². The van der Waals surface area contributed by atoms with E-state index in [4.69, 9.17) is 0 Å². The number of rotatable bonds is 9. The summed E-state index contributed by atoms with van der Waals surface area (Å²) in [6, 6.07) is 17.8. The first kappa shape index (κ1) is 29.7. The van der Waals surface area contributed by atoms with Gasteiger partial charge in [0.1, 0.15) is 6.04 Å². The van der Waals surface area contributed by atoms with Crippen LogP contribution in [0.25, 0.3) is 0 Å². The molecule has 226 valence electrons. The van der Waals surface area contributed by atoms with Crippen LogP contribution in [-0.2, 0) is 20.9 Å². The van der Waals surface area contributed by atoms with E-state index >= 15 is 0 Å². The molecule has 0 radical (unpaired) electrons. The number of thioether (sulfide) groups is 1. The smallest absolute Gasteiger partial charge is 0.247 e. The average molecular weight is 600 g/mol. The van der Waals surface area contributed by atoms with E-state index in [1.807, 2.05) is 89.5 Å². The lowest BCUT2D eigenvalue weighted by Crippen LogP contribution is -2.54. The summed E-state index contributed by atoms with van der Waals surface area (Å²) in [5.41, 5.74) is 1.81. The number of hydrogen-bond donors (Lipinski definition) is 1. The first-order chi connectivity index (χ1) is 20.8. The molecule has 3 amide bonds. The Labute approximate surface area is 258 Å². The van der Waals surface area contributed by atoms with Crippen LogP contribution in [0.1, 0.15) is 50.3 Å². The van der Waals surface area contributed by atoms with Crippen molar-refractivity contribution in [2.24, 2.45) is 11.8 Å². The van der Waals surface area contributed by atoms with Crippen molar-refractivity contribution >= 4 is 29.5 Å². The highest BCUT2D eigenvalue weighted by atomic mass is 32.2. The number of carbonyl (C=O) groups is 3. The first-order valence-corrected chi connectivity index (χ1v) is 16.3. The van der Waals surface area contributed by atoms with Crippen molar-refractivity contribution in [2.45, 2.75) is 61.2 Å². The predicted octanol–water partition coefficient (Wildman–Crippen LogP) is 4.59. The number of carbonyl (C=O) groups excluding carboxylic acids is 3. The Morgan fingerprint density at radius 3 is 2.23 bits per heavy atom. The maximum absolute atomic E-state index is 14.9. The second-order valence-electron chi connectivity index (χ2n) is 12.4. The monoisotopic (exact) mass is 599 g/mol. The van der Waals surface area contributed by atoms with E-state index in [0.717, 1.165) is 30.4 Å². The van der Waals surface area contributed by atoms with Crippen LogP contribution >= 0.6 is 11.8 Å². The molecule has 6 rings (SSSR count). The van der Waals surface area contributed by atoms with Gasteiger partial charge in [-0.2, -0.15) is 0 Å². The molecule has 1 unspecified atom stereocenters. The van der Waals surface area contributed by atoms with Gasteiger partial charge in [0.2, 0.25) is 17.7 Å². The Kier molecular flexibility index (Phi) is 8.26. The third-order valence-corrected chi connectivity index (χ3v) is 11.4. The van der Waals surface area contributed by atoms with Crippen molar-refractivity contribution in [3.05, 3.63) is 96.1 Å². The lowest BCUT2D eigenvalue weighted by Gasteiger charge is -2.40. The normalized spacial score (nSPS) is 30.6. The summed E-state index contributed by atoms with van der Waals surface area (Å²) >= 11 is 1.59. The van der Waals surface area contributed by atoms with Crippen molar-refractivity contribution in [1.82, 2.24) is 14.7 Å². The van der Waals surface area contributed by atoms with Gasteiger partial charge in [-0.3, -0.25) is 14.4 Å². The number of nitrogens with zero attached hydrogens (tertiary/aromatic N) is 3. The fourth-order valence-electron chi connectivity index (χ4n) is 7.62. The Hall–Kier alpha value is -3.36. The highest BCUT2D eigenvalue weighted by molar-refractivity contribution is 8.02. The van der Waals surface area contributed by atoms with E-state index in [1.165, 1.54) is 0 Å². The lowest BCUT2D eigenvalue weighted by atomic mass is 9.74. The zero-order chi connectivity index (χ0) is 30.2. The summed E-state index contributed by atoms with van der Waals surface area (Å²) < 4.78 is -1.61. The van der Waals surface area contributed by atoms with Gasteiger partial charge < -0.3 is 19.8 Å². The summed E-state index contributed by atoms with van der Waals surface area (Å²) in [5.74, 6) is -1.79. The van der Waals surface area contributed by atoms with Gasteiger partial charge in [0.25, 0.3) is 0 Å². The standard InChI is InChI=1S/C35H41N3O4S/c1-3-4-11-20-36-21-13-19-35-29(32(41)38(30(35)33(36)42)27(24-39)26-16-9-6-10-17-26)28-31(40)37(22-12-18-34(28,2)43-35)23-25-14-7-5-8-15-25/h5-10,12-19,27-30,39H,3-4,11,20-24H2,1-2H3/t27-,28-,29+,30?,34+,35+/m1/s1. The van der Waals surface area contributed by atoms with Crippen LogP contribution in [0.5, 0.6) is 0 Å². The highest BCUT2D eigenvalue weighted by Crippen LogP contribution is 2.66. The van der Waals surface area contributed by atoms with Crippen LogP contribution in [0.4, 0.5) is 0 Å². The van der Waals surface area contributed by atoms with Gasteiger partial charge in [-0.1, -0.05) is 105 Å². The molecule has 0 bridgehead atoms. The van der Waals surface area contributed by atoms with Crippen LogP contribution in [-0.4, -0.2) is 79.3 Å². The van der Waals surface area contributed by atoms with Gasteiger partial charge in [0.15, 0.2) is 0 Å². The molecule has 4 aliphatic rings. The molecule has 4 aliphatic heterocycles. The molecule has 2 saturated heterocycles. The molecule has 43 heavy (non-hydrogen) atoms. The molecule has 0 saturated carbocycles. The summed E-state index contributed by atoms with van der Waals surface area (Å²) in [6.45, 7) is 5.86. The highest BCUT2D eigenvalue weighted by Gasteiger charge is 2.74. The van der Waals surface area contributed by atoms with Crippen LogP contribution in [0.2, 0.25) is 0 Å². The zero-order valence-electron chi connectivity index (χ0n) is 25.0. The predicted molar refractivity (Wildman–Crippen MR) is 169 cm³/mol. The van der Waals surface area contributed by atoms with Crippen molar-refractivity contribution in [2.75, 3.05) is 26.2 Å². The molecule has 8 heteroatoms. The molecule has 6 atom stereocenters. The Morgan fingerprint density at radius 1 is 0.860 bits per heavy atom. The second-order valence-corrected chi connectivity index (χ2v) is 14.1. The lowest BCUT2D eigenvalue weighted by molar-refractivity contribution is -0.147. The van der Waals surface area contributed by atoms with Gasteiger partial charge in [0, 0.05) is 30.9 Å². The Bertz CT molecular complexity index is 1410. The number of aliphatic hydroxyl groups excluding tert-OH is 1. The molecule has 2 aromatic carbocycles. The largest absolute Gasteiger partial charge is 0.394 e. The Morgan fingerprint density at radius 2 is 1.53 bits per heavy atom. The van der Waals surface area contributed by atoms with Crippen LogP contribution in [0, 0.1) is 11.8 Å². The topological polar surface area (TPSA) is 81.2 Å². The number of benzene rings is 2. The van der Waals surface area contributed by atoms with Crippen LogP contribution in [0.15, 0.2) is 85.0 Å². The molecule has 0 aliphatic carbocycles. The molecule has 0 aromatic heterocycles. The maximum atomic E-state index is 14.9. The number of hydrogen-bond acceptors (Lipinski definition) is 5. The third kappa shape index (κ3) is 5.02. The van der Waals surface area contributed by atoms with Gasteiger partial charge in [0.05, 0.1) is 29.2 Å². The zero-order valence-corrected chi connectivity index (χ0v) is 25.8. The minimum absolute atomic E-state index is 0.0650. The maximum Gasteiger partial charge on any atom is 0.247 e. The van der Waals surface area contributed by atoms with Crippen LogP contribution < -0.4 is 0 Å². The second kappa shape index (κ2) is 12.0. The van der Waals surface area contributed by atoms with Gasteiger partial charge in [-0.25, -0.2) is 0 Å². The minimum atomic E-state index is -0.939. The van der Waals surface area contributed by atoms with E-state index in [1.54, 1.807) is 16.7 Å².